The quantitative estimate of drug-likeness (QED) is 0.800. The summed E-state index contributed by atoms with van der Waals surface area (Å²) in [6.45, 7) is 0. The molecular weight excluding hydrogens is 242 g/mol. The molecule has 2 amide bonds. The maximum absolute atomic E-state index is 11.5. The normalized spacial score (nSPS) is 22.0. The molecule has 0 spiro atoms. The Hall–Kier alpha value is -1.63. The number of anilines is 1. The molecule has 92 valence electrons. The van der Waals surface area contributed by atoms with Gasteiger partial charge in [0.25, 0.3) is 0 Å². The molecule has 2 N–H and O–H groups in total. The number of sulfone groups is 1. The summed E-state index contributed by atoms with van der Waals surface area (Å²) in [5.41, 5.74) is 0. The zero-order chi connectivity index (χ0) is 12.3. The minimum atomic E-state index is -2.97. The third-order valence-electron chi connectivity index (χ3n) is 2.47. The topological polar surface area (TPSA) is 88.2 Å². The lowest BCUT2D eigenvalue weighted by Gasteiger charge is -2.11. The summed E-state index contributed by atoms with van der Waals surface area (Å²) in [5, 5.41) is 5.15. The van der Waals surface area contributed by atoms with Crippen molar-refractivity contribution < 1.29 is 13.2 Å². The molecule has 0 aliphatic carbocycles. The second kappa shape index (κ2) is 4.70. The van der Waals surface area contributed by atoms with Crippen LogP contribution >= 0.6 is 0 Å². The fourth-order valence-electron chi connectivity index (χ4n) is 1.68. The van der Waals surface area contributed by atoms with Crippen molar-refractivity contribution >= 4 is 21.7 Å². The van der Waals surface area contributed by atoms with Gasteiger partial charge in [-0.15, -0.1) is 0 Å². The third-order valence-corrected chi connectivity index (χ3v) is 4.24. The smallest absolute Gasteiger partial charge is 0.320 e. The van der Waals surface area contributed by atoms with Crippen molar-refractivity contribution in [1.29, 1.82) is 0 Å². The van der Waals surface area contributed by atoms with Gasteiger partial charge < -0.3 is 5.32 Å². The lowest BCUT2D eigenvalue weighted by Crippen LogP contribution is -2.38. The van der Waals surface area contributed by atoms with Crippen molar-refractivity contribution in [2.45, 2.75) is 12.5 Å². The summed E-state index contributed by atoms with van der Waals surface area (Å²) in [7, 11) is -2.97. The van der Waals surface area contributed by atoms with Gasteiger partial charge in [0.1, 0.15) is 5.82 Å². The van der Waals surface area contributed by atoms with Crippen molar-refractivity contribution in [3.8, 4) is 0 Å². The molecule has 1 atom stereocenters. The fourth-order valence-corrected chi connectivity index (χ4v) is 3.36. The Balaban J connectivity index is 1.87. The molecule has 1 aliphatic heterocycles. The largest absolute Gasteiger partial charge is 0.334 e. The van der Waals surface area contributed by atoms with Crippen LogP contribution in [0.5, 0.6) is 0 Å². The Kier molecular flexibility index (Phi) is 3.28. The number of rotatable bonds is 2. The Morgan fingerprint density at radius 3 is 2.82 bits per heavy atom. The first-order valence-electron chi connectivity index (χ1n) is 5.24. The molecule has 2 heterocycles. The first-order valence-corrected chi connectivity index (χ1v) is 7.06. The van der Waals surface area contributed by atoms with Gasteiger partial charge >= 0.3 is 6.03 Å². The Morgan fingerprint density at radius 2 is 2.24 bits per heavy atom. The second-order valence-electron chi connectivity index (χ2n) is 3.91. The highest BCUT2D eigenvalue weighted by molar-refractivity contribution is 7.91. The first kappa shape index (κ1) is 11.8. The van der Waals surface area contributed by atoms with E-state index in [0.717, 1.165) is 0 Å². The Morgan fingerprint density at radius 1 is 1.41 bits per heavy atom. The van der Waals surface area contributed by atoms with Crippen LogP contribution in [0.2, 0.25) is 0 Å². The van der Waals surface area contributed by atoms with Crippen LogP contribution in [0.3, 0.4) is 0 Å². The molecule has 1 aromatic heterocycles. The van der Waals surface area contributed by atoms with Gasteiger partial charge in [-0.25, -0.2) is 18.2 Å². The lowest BCUT2D eigenvalue weighted by molar-refractivity contribution is 0.249. The standard InChI is InChI=1S/C10H13N3O3S/c14-10(13-9-3-1-2-5-11-9)12-8-4-6-17(15,16)7-8/h1-3,5,8H,4,6-7H2,(H2,11,12,13,14)/t8-/m1/s1. The van der Waals surface area contributed by atoms with Crippen LogP contribution in [0.25, 0.3) is 0 Å². The molecule has 0 bridgehead atoms. The van der Waals surface area contributed by atoms with E-state index in [0.29, 0.717) is 12.2 Å². The number of aromatic nitrogens is 1. The molecule has 2 rings (SSSR count). The number of nitrogens with one attached hydrogen (secondary N) is 2. The van der Waals surface area contributed by atoms with Gasteiger partial charge in [-0.2, -0.15) is 0 Å². The molecule has 7 heteroatoms. The van der Waals surface area contributed by atoms with Crippen LogP contribution in [0.4, 0.5) is 10.6 Å². The molecule has 6 nitrogen and oxygen atoms in total. The lowest BCUT2D eigenvalue weighted by atomic mass is 10.3. The fraction of sp³-hybridized carbons (Fsp3) is 0.400. The number of amides is 2. The van der Waals surface area contributed by atoms with Crippen molar-refractivity contribution in [3.63, 3.8) is 0 Å². The van der Waals surface area contributed by atoms with Crippen molar-refractivity contribution in [2.75, 3.05) is 16.8 Å². The minimum Gasteiger partial charge on any atom is -0.334 e. The molecule has 0 radical (unpaired) electrons. The number of urea groups is 1. The van der Waals surface area contributed by atoms with Crippen LogP contribution in [0, 0.1) is 0 Å². The summed E-state index contributed by atoms with van der Waals surface area (Å²) in [4.78, 5) is 15.5. The Labute approximate surface area is 99.4 Å². The van der Waals surface area contributed by atoms with E-state index < -0.39 is 15.9 Å². The molecule has 1 saturated heterocycles. The number of hydrogen-bond donors (Lipinski definition) is 2. The summed E-state index contributed by atoms with van der Waals surface area (Å²) < 4.78 is 22.4. The highest BCUT2D eigenvalue weighted by Crippen LogP contribution is 2.11. The van der Waals surface area contributed by atoms with Crippen molar-refractivity contribution in [1.82, 2.24) is 10.3 Å². The van der Waals surface area contributed by atoms with Gasteiger partial charge in [-0.05, 0) is 18.6 Å². The molecule has 1 aromatic rings. The maximum atomic E-state index is 11.5. The molecule has 0 saturated carbocycles. The van der Waals surface area contributed by atoms with E-state index in [1.54, 1.807) is 24.4 Å². The van der Waals surface area contributed by atoms with Crippen LogP contribution in [0.15, 0.2) is 24.4 Å². The van der Waals surface area contributed by atoms with Gasteiger partial charge in [0, 0.05) is 12.2 Å². The number of pyridine rings is 1. The van der Waals surface area contributed by atoms with E-state index >= 15 is 0 Å². The van der Waals surface area contributed by atoms with Gasteiger partial charge in [-0.3, -0.25) is 5.32 Å². The van der Waals surface area contributed by atoms with Crippen LogP contribution in [-0.2, 0) is 9.84 Å². The van der Waals surface area contributed by atoms with Crippen molar-refractivity contribution in [3.05, 3.63) is 24.4 Å². The predicted octanol–water partition coefficient (Wildman–Crippen LogP) is 0.390. The van der Waals surface area contributed by atoms with Crippen LogP contribution in [-0.4, -0.2) is 37.0 Å². The molecule has 17 heavy (non-hydrogen) atoms. The number of carbonyl (C=O) groups excluding carboxylic acids is 1. The molecular formula is C10H13N3O3S. The summed E-state index contributed by atoms with van der Waals surface area (Å²) in [5.74, 6) is 0.593. The summed E-state index contributed by atoms with van der Waals surface area (Å²) in [6, 6.07) is 4.43. The average Bonchev–Trinajstić information content (AvgIpc) is 2.59. The molecule has 0 unspecified atom stereocenters. The molecule has 0 aromatic carbocycles. The summed E-state index contributed by atoms with van der Waals surface area (Å²) >= 11 is 0. The molecule has 1 aliphatic rings. The minimum absolute atomic E-state index is 0.0165. The third kappa shape index (κ3) is 3.42. The maximum Gasteiger partial charge on any atom is 0.320 e. The van der Waals surface area contributed by atoms with E-state index in [9.17, 15) is 13.2 Å². The highest BCUT2D eigenvalue weighted by Gasteiger charge is 2.28. The van der Waals surface area contributed by atoms with Crippen LogP contribution < -0.4 is 10.6 Å². The predicted molar refractivity (Wildman–Crippen MR) is 63.5 cm³/mol. The second-order valence-corrected chi connectivity index (χ2v) is 6.14. The highest BCUT2D eigenvalue weighted by atomic mass is 32.2. The van der Waals surface area contributed by atoms with Gasteiger partial charge in [0.2, 0.25) is 0 Å². The zero-order valence-corrected chi connectivity index (χ0v) is 9.90. The van der Waals surface area contributed by atoms with E-state index in [4.69, 9.17) is 0 Å². The van der Waals surface area contributed by atoms with E-state index in [-0.39, 0.29) is 17.5 Å². The van der Waals surface area contributed by atoms with Crippen LogP contribution in [0.1, 0.15) is 6.42 Å². The van der Waals surface area contributed by atoms with Crippen molar-refractivity contribution in [2.24, 2.45) is 0 Å². The Bertz CT molecular complexity index is 501. The average molecular weight is 255 g/mol. The SMILES string of the molecule is O=C(Nc1ccccn1)N[C@@H]1CCS(=O)(=O)C1. The van der Waals surface area contributed by atoms with E-state index in [2.05, 4.69) is 15.6 Å². The monoisotopic (exact) mass is 255 g/mol. The number of carbonyl (C=O) groups is 1. The van der Waals surface area contributed by atoms with Gasteiger partial charge in [0.05, 0.1) is 11.5 Å². The number of nitrogens with zero attached hydrogens (tertiary/aromatic N) is 1. The van der Waals surface area contributed by atoms with Gasteiger partial charge in [-0.1, -0.05) is 6.07 Å². The number of hydrogen-bond acceptors (Lipinski definition) is 4. The molecule has 1 fully saturated rings. The van der Waals surface area contributed by atoms with Gasteiger partial charge in [0.15, 0.2) is 9.84 Å². The zero-order valence-electron chi connectivity index (χ0n) is 9.09. The van der Waals surface area contributed by atoms with E-state index in [1.165, 1.54) is 0 Å². The first-order chi connectivity index (χ1) is 8.05. The van der Waals surface area contributed by atoms with E-state index in [1.807, 2.05) is 0 Å². The summed E-state index contributed by atoms with van der Waals surface area (Å²) in [6.07, 6.45) is 2.04.